The zero-order valence-electron chi connectivity index (χ0n) is 43.1. The summed E-state index contributed by atoms with van der Waals surface area (Å²) >= 11 is 0. The summed E-state index contributed by atoms with van der Waals surface area (Å²) in [6.45, 7) is 8.20. The minimum absolute atomic E-state index is 0.206. The molecule has 4 aromatic heterocycles. The molecule has 2 aliphatic rings. The molecule has 10 rings (SSSR count). The van der Waals surface area contributed by atoms with Crippen LogP contribution in [0.2, 0.25) is 0 Å². The topological polar surface area (TPSA) is 236 Å². The second-order valence-corrected chi connectivity index (χ2v) is 19.9. The number of aromatic amines is 2. The molecule has 4 aromatic carbocycles. The highest BCUT2D eigenvalue weighted by atomic mass is 16.5. The molecule has 2 aliphatic heterocycles. The lowest BCUT2D eigenvalue weighted by atomic mass is 10.0. The van der Waals surface area contributed by atoms with Crippen LogP contribution in [0.4, 0.5) is 9.59 Å². The molecule has 8 aromatic rings. The molecule has 6 atom stereocenters. The van der Waals surface area contributed by atoms with Crippen molar-refractivity contribution in [1.82, 2.24) is 70.4 Å². The van der Waals surface area contributed by atoms with E-state index in [-0.39, 0.29) is 35.7 Å². The fourth-order valence-electron chi connectivity index (χ4n) is 10.2. The van der Waals surface area contributed by atoms with E-state index >= 15 is 0 Å². The highest BCUT2D eigenvalue weighted by molar-refractivity contribution is 5.87. The number of benzene rings is 4. The molecule has 4 amide bonds. The van der Waals surface area contributed by atoms with Crippen LogP contribution in [0.5, 0.6) is 0 Å². The molecule has 0 saturated carbocycles. The number of imidazole rings is 2. The lowest BCUT2D eigenvalue weighted by Crippen LogP contribution is -2.51. The largest absolute Gasteiger partial charge is 0.453 e. The maximum absolute atomic E-state index is 14.4. The molecule has 4 N–H and O–H groups in total. The lowest BCUT2D eigenvalue weighted by molar-refractivity contribution is -0.136. The summed E-state index contributed by atoms with van der Waals surface area (Å²) in [5, 5.41) is 23.3. The second-order valence-electron chi connectivity index (χ2n) is 19.9. The Hall–Kier alpha value is -8.94. The van der Waals surface area contributed by atoms with Crippen LogP contribution in [0, 0.1) is 11.8 Å². The van der Waals surface area contributed by atoms with Gasteiger partial charge in [-0.05, 0) is 46.9 Å². The fourth-order valence-corrected chi connectivity index (χ4v) is 10.2. The summed E-state index contributed by atoms with van der Waals surface area (Å²) in [5.41, 5.74) is 8.75. The number of amides is 4. The van der Waals surface area contributed by atoms with E-state index in [1.807, 2.05) is 134 Å². The first-order valence-electron chi connectivity index (χ1n) is 25.4. The maximum atomic E-state index is 14.4. The summed E-state index contributed by atoms with van der Waals surface area (Å²) in [5.74, 6) is 0.317. The van der Waals surface area contributed by atoms with Gasteiger partial charge in [-0.3, -0.25) is 9.59 Å². The summed E-state index contributed by atoms with van der Waals surface area (Å²) in [6, 6.07) is 33.0. The Labute approximate surface area is 439 Å². The van der Waals surface area contributed by atoms with E-state index in [0.29, 0.717) is 37.6 Å². The molecule has 2 saturated heterocycles. The first-order chi connectivity index (χ1) is 36.8. The highest BCUT2D eigenvalue weighted by Crippen LogP contribution is 2.41. The van der Waals surface area contributed by atoms with Gasteiger partial charge < -0.3 is 39.9 Å². The molecular formula is C56H60N14O6. The quantitative estimate of drug-likeness (QED) is 0.0757. The van der Waals surface area contributed by atoms with Crippen molar-refractivity contribution in [1.29, 1.82) is 0 Å². The van der Waals surface area contributed by atoms with Gasteiger partial charge in [-0.25, -0.2) is 28.9 Å². The van der Waals surface area contributed by atoms with Gasteiger partial charge in [0.25, 0.3) is 0 Å². The molecule has 1 unspecified atom stereocenters. The number of alkyl carbamates (subject to hydrolysis) is 2. The highest BCUT2D eigenvalue weighted by Gasteiger charge is 2.44. The van der Waals surface area contributed by atoms with Crippen molar-refractivity contribution in [2.24, 2.45) is 11.8 Å². The minimum atomic E-state index is -0.825. The Bertz CT molecular complexity index is 3080. The molecule has 0 spiro atoms. The van der Waals surface area contributed by atoms with Gasteiger partial charge in [0.2, 0.25) is 11.8 Å². The molecule has 20 heteroatoms. The van der Waals surface area contributed by atoms with Crippen molar-refractivity contribution in [2.45, 2.75) is 76.8 Å². The molecule has 0 aliphatic carbocycles. The fraction of sp³-hybridized carbons (Fsp3) is 0.321. The Morgan fingerprint density at radius 1 is 0.526 bits per heavy atom. The first-order valence-corrected chi connectivity index (χ1v) is 25.4. The smallest absolute Gasteiger partial charge is 0.407 e. The van der Waals surface area contributed by atoms with Gasteiger partial charge in [0, 0.05) is 24.2 Å². The van der Waals surface area contributed by atoms with E-state index in [1.54, 1.807) is 22.2 Å². The van der Waals surface area contributed by atoms with Crippen molar-refractivity contribution >= 4 is 24.0 Å². The average molecular weight is 1030 g/mol. The predicted octanol–water partition coefficient (Wildman–Crippen LogP) is 8.44. The second kappa shape index (κ2) is 21.9. The van der Waals surface area contributed by atoms with E-state index in [1.165, 1.54) is 14.2 Å². The Balaban J connectivity index is 0.852. The van der Waals surface area contributed by atoms with Crippen LogP contribution in [0.1, 0.15) is 76.4 Å². The summed E-state index contributed by atoms with van der Waals surface area (Å²) in [4.78, 5) is 73.7. The van der Waals surface area contributed by atoms with Crippen LogP contribution in [-0.4, -0.2) is 123 Å². The number of aromatic nitrogens is 10. The maximum Gasteiger partial charge on any atom is 0.407 e. The summed E-state index contributed by atoms with van der Waals surface area (Å²) in [7, 11) is 2.56. The number of nitrogens with zero attached hydrogens (tertiary/aromatic N) is 10. The summed E-state index contributed by atoms with van der Waals surface area (Å²) < 4.78 is 13.4. The van der Waals surface area contributed by atoms with Crippen LogP contribution in [0.3, 0.4) is 0 Å². The molecule has 0 radical (unpaired) electrons. The number of hydrogen-bond acceptors (Lipinski definition) is 12. The summed E-state index contributed by atoms with van der Waals surface area (Å²) in [6.07, 6.45) is 7.04. The van der Waals surface area contributed by atoms with E-state index in [2.05, 4.69) is 65.5 Å². The van der Waals surface area contributed by atoms with Crippen LogP contribution >= 0.6 is 0 Å². The average Bonchev–Trinajstić information content (AvgIpc) is 4.32. The SMILES string of the molecule is COC(=O)NC(C(=O)N1C[C@H](n2cc(-c3ccccc3)nn2)C[C@H]1c1ncc(-c2ccc(-c3ccc(-c4cnc([C@@H]5C[C@@H](n6cc(-c7ccccc7)nn6)CN5C(=O)[C@@H](NC(=O)OC)C(C)C)[nH]4)cc3)cc2)[nH]1)C(C)C. The molecule has 390 valence electrons. The number of carbonyl (C=O) groups is 4. The monoisotopic (exact) mass is 1020 g/mol. The van der Waals surface area contributed by atoms with Crippen LogP contribution in [0.15, 0.2) is 134 Å². The van der Waals surface area contributed by atoms with Crippen molar-refractivity contribution in [2.75, 3.05) is 27.3 Å². The molecule has 2 fully saturated rings. The zero-order chi connectivity index (χ0) is 53.0. The van der Waals surface area contributed by atoms with Crippen LogP contribution < -0.4 is 10.6 Å². The Kier molecular flexibility index (Phi) is 14.6. The van der Waals surface area contributed by atoms with Gasteiger partial charge in [0.05, 0.1) is 74.6 Å². The van der Waals surface area contributed by atoms with Gasteiger partial charge in [-0.2, -0.15) is 0 Å². The standard InChI is InChI=1S/C56H60N14O6/c1-33(2)49(61-55(73)75-5)53(71)67-29-41(69-31-45(63-65-69)37-13-9-7-10-14-37)25-47(67)51-57-27-43(59-51)39-21-17-35(18-22-39)36-19-23-40(24-20-36)44-28-58-52(60-44)48-26-42(70-32-46(64-66-70)38-15-11-8-12-16-38)30-68(48)54(72)50(34(3)4)62-56(74)76-6/h7-24,27-28,31-34,41-42,47-50H,25-26,29-30H2,1-6H3,(H,57,59)(H,58,60)(H,61,73)(H,62,74)/t41-,42-,47+,48+,49+,50?/m1/s1. The number of rotatable bonds is 15. The van der Waals surface area contributed by atoms with Crippen LogP contribution in [0.25, 0.3) is 56.2 Å². The first kappa shape index (κ1) is 50.6. The van der Waals surface area contributed by atoms with Crippen molar-refractivity contribution < 1.29 is 28.7 Å². The normalized spacial score (nSPS) is 18.2. The van der Waals surface area contributed by atoms with E-state index < -0.39 is 36.4 Å². The van der Waals surface area contributed by atoms with Crippen LogP contribution in [-0.2, 0) is 19.1 Å². The van der Waals surface area contributed by atoms with Gasteiger partial charge in [0.1, 0.15) is 35.1 Å². The molecule has 20 nitrogen and oxygen atoms in total. The third kappa shape index (κ3) is 10.6. The van der Waals surface area contributed by atoms with Gasteiger partial charge in [0.15, 0.2) is 0 Å². The molecular weight excluding hydrogens is 965 g/mol. The van der Waals surface area contributed by atoms with E-state index in [9.17, 15) is 19.2 Å². The Morgan fingerprint density at radius 3 is 1.25 bits per heavy atom. The van der Waals surface area contributed by atoms with Gasteiger partial charge in [-0.1, -0.05) is 147 Å². The molecule has 6 heterocycles. The van der Waals surface area contributed by atoms with Crippen molar-refractivity contribution in [3.63, 3.8) is 0 Å². The molecule has 76 heavy (non-hydrogen) atoms. The molecule has 0 bridgehead atoms. The van der Waals surface area contributed by atoms with Gasteiger partial charge >= 0.3 is 12.2 Å². The third-order valence-corrected chi connectivity index (χ3v) is 14.4. The predicted molar refractivity (Wildman–Crippen MR) is 283 cm³/mol. The lowest BCUT2D eigenvalue weighted by Gasteiger charge is -2.29. The van der Waals surface area contributed by atoms with E-state index in [0.717, 1.165) is 56.2 Å². The van der Waals surface area contributed by atoms with Crippen molar-refractivity contribution in [3.05, 3.63) is 146 Å². The number of nitrogens with one attached hydrogen (secondary N) is 4. The number of ether oxygens (including phenoxy) is 2. The number of hydrogen-bond donors (Lipinski definition) is 4. The van der Waals surface area contributed by atoms with E-state index in [4.69, 9.17) is 19.4 Å². The number of methoxy groups -OCH3 is 2. The minimum Gasteiger partial charge on any atom is -0.453 e. The number of H-pyrrole nitrogens is 2. The Morgan fingerprint density at radius 2 is 0.895 bits per heavy atom. The number of likely N-dealkylation sites (tertiary alicyclic amines) is 2. The van der Waals surface area contributed by atoms with Gasteiger partial charge in [-0.15, -0.1) is 10.2 Å². The zero-order valence-corrected chi connectivity index (χ0v) is 43.1. The number of carbonyl (C=O) groups excluding carboxylic acids is 4. The third-order valence-electron chi connectivity index (χ3n) is 14.4. The van der Waals surface area contributed by atoms with Crippen molar-refractivity contribution in [3.8, 4) is 56.2 Å².